The Bertz CT molecular complexity index is 460. The van der Waals surface area contributed by atoms with Crippen molar-refractivity contribution in [2.45, 2.75) is 52.2 Å². The van der Waals surface area contributed by atoms with Gasteiger partial charge in [0.05, 0.1) is 0 Å². The minimum atomic E-state index is 0.439. The van der Waals surface area contributed by atoms with Gasteiger partial charge in [-0.15, -0.1) is 0 Å². The van der Waals surface area contributed by atoms with Crippen LogP contribution in [0, 0.1) is 0 Å². The van der Waals surface area contributed by atoms with Crippen LogP contribution in [0.4, 0.5) is 0 Å². The molecule has 0 saturated carbocycles. The maximum Gasteiger partial charge on any atom is 0.191 e. The van der Waals surface area contributed by atoms with Crippen LogP contribution in [0.3, 0.4) is 0 Å². The van der Waals surface area contributed by atoms with E-state index >= 15 is 0 Å². The van der Waals surface area contributed by atoms with Crippen LogP contribution in [0.5, 0.6) is 0 Å². The Hall–Kier alpha value is -1.55. The summed E-state index contributed by atoms with van der Waals surface area (Å²) in [5, 5.41) is 6.75. The molecule has 1 aliphatic heterocycles. The molecule has 1 aromatic rings. The van der Waals surface area contributed by atoms with E-state index in [0.29, 0.717) is 6.04 Å². The van der Waals surface area contributed by atoms with Crippen LogP contribution in [0.2, 0.25) is 0 Å². The molecule has 0 aliphatic carbocycles. The summed E-state index contributed by atoms with van der Waals surface area (Å²) >= 11 is 0. The van der Waals surface area contributed by atoms with Crippen molar-refractivity contribution < 1.29 is 0 Å². The van der Waals surface area contributed by atoms with Gasteiger partial charge in [0, 0.05) is 26.2 Å². The van der Waals surface area contributed by atoms with Crippen LogP contribution < -0.4 is 10.6 Å². The Morgan fingerprint density at radius 3 is 2.41 bits per heavy atom. The van der Waals surface area contributed by atoms with Crippen LogP contribution in [0.25, 0.3) is 0 Å². The topological polar surface area (TPSA) is 39.7 Å². The number of likely N-dealkylation sites (tertiary alicyclic amines) is 1. The lowest BCUT2D eigenvalue weighted by Gasteiger charge is -2.17. The molecule has 0 amide bonds. The van der Waals surface area contributed by atoms with Crippen molar-refractivity contribution in [2.24, 2.45) is 4.99 Å². The number of hydrogen-bond donors (Lipinski definition) is 2. The molecule has 4 heteroatoms. The highest BCUT2D eigenvalue weighted by Gasteiger charge is 2.11. The molecule has 0 radical (unpaired) electrons. The van der Waals surface area contributed by atoms with Gasteiger partial charge in [-0.05, 0) is 50.4 Å². The Morgan fingerprint density at radius 2 is 1.82 bits per heavy atom. The van der Waals surface area contributed by atoms with E-state index < -0.39 is 0 Å². The Kier molecular flexibility index (Phi) is 6.72. The monoisotopic (exact) mass is 302 g/mol. The quantitative estimate of drug-likeness (QED) is 0.627. The molecule has 1 fully saturated rings. The van der Waals surface area contributed by atoms with Gasteiger partial charge >= 0.3 is 0 Å². The third-order valence-electron chi connectivity index (χ3n) is 4.31. The first kappa shape index (κ1) is 16.8. The molecular formula is C18H30N4. The summed E-state index contributed by atoms with van der Waals surface area (Å²) in [4.78, 5) is 6.80. The van der Waals surface area contributed by atoms with Crippen molar-refractivity contribution in [3.8, 4) is 0 Å². The van der Waals surface area contributed by atoms with E-state index in [1.807, 2.05) is 7.05 Å². The van der Waals surface area contributed by atoms with Crippen LogP contribution in [0.15, 0.2) is 29.3 Å². The van der Waals surface area contributed by atoms with Gasteiger partial charge in [-0.25, -0.2) is 0 Å². The summed E-state index contributed by atoms with van der Waals surface area (Å²) in [6.07, 6.45) is 3.79. The number of benzene rings is 1. The second-order valence-electron chi connectivity index (χ2n) is 6.18. The fraction of sp³-hybridized carbons (Fsp3) is 0.611. The van der Waals surface area contributed by atoms with Crippen molar-refractivity contribution in [2.75, 3.05) is 20.1 Å². The minimum Gasteiger partial charge on any atom is -0.354 e. The SMILES string of the molecule is CCC(C)NC(=NC)NCc1ccc(CN2CCCC2)cc1. The first-order valence-electron chi connectivity index (χ1n) is 8.48. The lowest BCUT2D eigenvalue weighted by Crippen LogP contribution is -2.41. The minimum absolute atomic E-state index is 0.439. The number of hydrogen-bond acceptors (Lipinski definition) is 2. The normalized spacial score (nSPS) is 17.5. The van der Waals surface area contributed by atoms with Crippen molar-refractivity contribution in [1.82, 2.24) is 15.5 Å². The molecule has 1 atom stereocenters. The largest absolute Gasteiger partial charge is 0.354 e. The molecule has 122 valence electrons. The van der Waals surface area contributed by atoms with E-state index in [0.717, 1.165) is 25.5 Å². The van der Waals surface area contributed by atoms with Crippen LogP contribution in [-0.4, -0.2) is 37.0 Å². The fourth-order valence-corrected chi connectivity index (χ4v) is 2.68. The summed E-state index contributed by atoms with van der Waals surface area (Å²) in [7, 11) is 1.82. The number of nitrogens with zero attached hydrogens (tertiary/aromatic N) is 2. The Morgan fingerprint density at radius 1 is 1.18 bits per heavy atom. The highest BCUT2D eigenvalue weighted by atomic mass is 15.2. The van der Waals surface area contributed by atoms with Crippen LogP contribution >= 0.6 is 0 Å². The first-order chi connectivity index (χ1) is 10.7. The van der Waals surface area contributed by atoms with Crippen LogP contribution in [-0.2, 0) is 13.1 Å². The van der Waals surface area contributed by atoms with Gasteiger partial charge in [0.25, 0.3) is 0 Å². The van der Waals surface area contributed by atoms with Gasteiger partial charge in [0.1, 0.15) is 0 Å². The van der Waals surface area contributed by atoms with Crippen molar-refractivity contribution in [3.63, 3.8) is 0 Å². The molecule has 1 aromatic carbocycles. The number of rotatable bonds is 6. The zero-order valence-electron chi connectivity index (χ0n) is 14.2. The maximum absolute atomic E-state index is 4.26. The van der Waals surface area contributed by atoms with E-state index in [4.69, 9.17) is 0 Å². The van der Waals surface area contributed by atoms with Gasteiger partial charge in [-0.2, -0.15) is 0 Å². The fourth-order valence-electron chi connectivity index (χ4n) is 2.68. The average molecular weight is 302 g/mol. The molecule has 1 unspecified atom stereocenters. The Labute approximate surface area is 135 Å². The standard InChI is InChI=1S/C18H30N4/c1-4-15(2)21-18(19-3)20-13-16-7-9-17(10-8-16)14-22-11-5-6-12-22/h7-10,15H,4-6,11-14H2,1-3H3,(H2,19,20,21). The molecule has 0 bridgehead atoms. The average Bonchev–Trinajstić information content (AvgIpc) is 3.05. The predicted octanol–water partition coefficient (Wildman–Crippen LogP) is 2.75. The van der Waals surface area contributed by atoms with Crippen molar-refractivity contribution in [1.29, 1.82) is 0 Å². The summed E-state index contributed by atoms with van der Waals surface area (Å²) < 4.78 is 0. The molecule has 2 rings (SSSR count). The molecule has 0 spiro atoms. The summed E-state index contributed by atoms with van der Waals surface area (Å²) in [5.74, 6) is 0.871. The molecule has 1 heterocycles. The van der Waals surface area contributed by atoms with Crippen molar-refractivity contribution in [3.05, 3.63) is 35.4 Å². The third-order valence-corrected chi connectivity index (χ3v) is 4.31. The molecule has 4 nitrogen and oxygen atoms in total. The predicted molar refractivity (Wildman–Crippen MR) is 94.0 cm³/mol. The number of guanidine groups is 1. The van der Waals surface area contributed by atoms with E-state index in [1.54, 1.807) is 0 Å². The summed E-state index contributed by atoms with van der Waals surface area (Å²) in [5.41, 5.74) is 2.70. The third kappa shape index (κ3) is 5.34. The second kappa shape index (κ2) is 8.79. The highest BCUT2D eigenvalue weighted by molar-refractivity contribution is 5.79. The summed E-state index contributed by atoms with van der Waals surface area (Å²) in [6.45, 7) is 8.73. The number of nitrogens with one attached hydrogen (secondary N) is 2. The van der Waals surface area contributed by atoms with Gasteiger partial charge < -0.3 is 10.6 Å². The molecule has 2 N–H and O–H groups in total. The van der Waals surface area contributed by atoms with Gasteiger partial charge in [-0.3, -0.25) is 9.89 Å². The van der Waals surface area contributed by atoms with E-state index in [1.165, 1.54) is 37.1 Å². The highest BCUT2D eigenvalue weighted by Crippen LogP contribution is 2.13. The van der Waals surface area contributed by atoms with E-state index in [2.05, 4.69) is 58.6 Å². The lowest BCUT2D eigenvalue weighted by atomic mass is 10.1. The van der Waals surface area contributed by atoms with Gasteiger partial charge in [0.2, 0.25) is 0 Å². The zero-order valence-corrected chi connectivity index (χ0v) is 14.2. The smallest absolute Gasteiger partial charge is 0.191 e. The van der Waals surface area contributed by atoms with Crippen molar-refractivity contribution >= 4 is 5.96 Å². The Balaban J connectivity index is 1.80. The van der Waals surface area contributed by atoms with E-state index in [9.17, 15) is 0 Å². The number of aliphatic imine (C=N–C) groups is 1. The molecule has 1 aliphatic rings. The van der Waals surface area contributed by atoms with Gasteiger partial charge in [0.15, 0.2) is 5.96 Å². The molecule has 0 aromatic heterocycles. The molecule has 22 heavy (non-hydrogen) atoms. The summed E-state index contributed by atoms with van der Waals surface area (Å²) in [6, 6.07) is 9.37. The lowest BCUT2D eigenvalue weighted by molar-refractivity contribution is 0.331. The van der Waals surface area contributed by atoms with E-state index in [-0.39, 0.29) is 0 Å². The second-order valence-corrected chi connectivity index (χ2v) is 6.18. The molecular weight excluding hydrogens is 272 g/mol. The maximum atomic E-state index is 4.26. The zero-order chi connectivity index (χ0) is 15.8. The molecule has 1 saturated heterocycles. The van der Waals surface area contributed by atoms with Crippen LogP contribution in [0.1, 0.15) is 44.2 Å². The first-order valence-corrected chi connectivity index (χ1v) is 8.48. The van der Waals surface area contributed by atoms with Gasteiger partial charge in [-0.1, -0.05) is 31.2 Å².